The number of ether oxygens (including phenoxy) is 1. The van der Waals surface area contributed by atoms with E-state index >= 15 is 0 Å². The van der Waals surface area contributed by atoms with Gasteiger partial charge in [-0.15, -0.1) is 21.8 Å². The summed E-state index contributed by atoms with van der Waals surface area (Å²) in [5.41, 5.74) is 0. The highest BCUT2D eigenvalue weighted by Gasteiger charge is 2.22. The number of halogens is 1. The molecular weight excluding hydrogens is 214 g/mol. The molecule has 15 heavy (non-hydrogen) atoms. The molecule has 1 aliphatic rings. The van der Waals surface area contributed by atoms with Crippen molar-refractivity contribution in [3.8, 4) is 0 Å². The minimum atomic E-state index is 0.114. The molecule has 0 saturated carbocycles. The minimum Gasteiger partial charge on any atom is -0.370 e. The first-order valence-electron chi connectivity index (χ1n) is 5.46. The van der Waals surface area contributed by atoms with Crippen LogP contribution in [-0.4, -0.2) is 21.4 Å². The van der Waals surface area contributed by atoms with Gasteiger partial charge in [0.25, 0.3) is 0 Å². The van der Waals surface area contributed by atoms with Crippen molar-refractivity contribution in [3.63, 3.8) is 0 Å². The predicted octanol–water partition coefficient (Wildman–Crippen LogP) is 2.28. The fraction of sp³-hybridized carbons (Fsp3) is 0.800. The lowest BCUT2D eigenvalue weighted by molar-refractivity contribution is 0.00714. The second-order valence-corrected chi connectivity index (χ2v) is 3.97. The van der Waals surface area contributed by atoms with Crippen molar-refractivity contribution >= 4 is 11.6 Å². The van der Waals surface area contributed by atoms with Crippen LogP contribution in [-0.2, 0) is 17.2 Å². The lowest BCUT2D eigenvalue weighted by Gasteiger charge is -2.22. The van der Waals surface area contributed by atoms with Gasteiger partial charge in [-0.05, 0) is 26.2 Å². The van der Waals surface area contributed by atoms with Gasteiger partial charge in [-0.25, -0.2) is 0 Å². The molecule has 1 aromatic rings. The number of hydrogen-bond donors (Lipinski definition) is 0. The summed E-state index contributed by atoms with van der Waals surface area (Å²) in [6, 6.07) is 0. The zero-order valence-electron chi connectivity index (χ0n) is 8.95. The van der Waals surface area contributed by atoms with E-state index in [4.69, 9.17) is 16.3 Å². The molecule has 1 atom stereocenters. The molecule has 2 heterocycles. The second kappa shape index (κ2) is 4.94. The molecular formula is C10H16ClN3O. The Balaban J connectivity index is 2.22. The summed E-state index contributed by atoms with van der Waals surface area (Å²) in [7, 11) is 0. The SMILES string of the molecule is CCn1c(CCl)nnc1C1CCCCO1. The highest BCUT2D eigenvalue weighted by atomic mass is 35.5. The van der Waals surface area contributed by atoms with E-state index in [1.54, 1.807) is 0 Å². The fourth-order valence-corrected chi connectivity index (χ4v) is 2.17. The molecule has 0 aliphatic carbocycles. The average molecular weight is 230 g/mol. The Morgan fingerprint density at radius 3 is 2.93 bits per heavy atom. The van der Waals surface area contributed by atoms with Gasteiger partial charge in [-0.1, -0.05) is 0 Å². The van der Waals surface area contributed by atoms with Gasteiger partial charge in [0.1, 0.15) is 11.9 Å². The molecule has 1 unspecified atom stereocenters. The van der Waals surface area contributed by atoms with E-state index in [0.717, 1.165) is 37.6 Å². The van der Waals surface area contributed by atoms with Gasteiger partial charge in [0.2, 0.25) is 0 Å². The first-order valence-corrected chi connectivity index (χ1v) is 5.99. The van der Waals surface area contributed by atoms with E-state index < -0.39 is 0 Å². The summed E-state index contributed by atoms with van der Waals surface area (Å²) in [6.07, 6.45) is 3.51. The van der Waals surface area contributed by atoms with Gasteiger partial charge < -0.3 is 9.30 Å². The van der Waals surface area contributed by atoms with Crippen LogP contribution in [0.4, 0.5) is 0 Å². The van der Waals surface area contributed by atoms with Crippen molar-refractivity contribution < 1.29 is 4.74 Å². The van der Waals surface area contributed by atoms with Gasteiger partial charge in [0, 0.05) is 13.2 Å². The van der Waals surface area contributed by atoms with Crippen molar-refractivity contribution in [3.05, 3.63) is 11.6 Å². The van der Waals surface area contributed by atoms with Crippen LogP contribution in [0.2, 0.25) is 0 Å². The Morgan fingerprint density at radius 1 is 1.47 bits per heavy atom. The van der Waals surface area contributed by atoms with Crippen molar-refractivity contribution in [2.45, 2.75) is 44.7 Å². The smallest absolute Gasteiger partial charge is 0.162 e. The van der Waals surface area contributed by atoms with Gasteiger partial charge in [-0.3, -0.25) is 0 Å². The normalized spacial score (nSPS) is 21.9. The van der Waals surface area contributed by atoms with E-state index in [0.29, 0.717) is 5.88 Å². The molecule has 0 spiro atoms. The lowest BCUT2D eigenvalue weighted by atomic mass is 10.1. The lowest BCUT2D eigenvalue weighted by Crippen LogP contribution is -2.17. The molecule has 4 nitrogen and oxygen atoms in total. The zero-order chi connectivity index (χ0) is 10.7. The third-order valence-electron chi connectivity index (χ3n) is 2.76. The van der Waals surface area contributed by atoms with Crippen molar-refractivity contribution in [2.24, 2.45) is 0 Å². The molecule has 0 radical (unpaired) electrons. The quantitative estimate of drug-likeness (QED) is 0.747. The first kappa shape index (κ1) is 10.9. The second-order valence-electron chi connectivity index (χ2n) is 3.71. The summed E-state index contributed by atoms with van der Waals surface area (Å²) in [4.78, 5) is 0. The summed E-state index contributed by atoms with van der Waals surface area (Å²) < 4.78 is 7.76. The maximum Gasteiger partial charge on any atom is 0.162 e. The standard InChI is InChI=1S/C10H16ClN3O/c1-2-14-9(7-11)12-13-10(14)8-5-3-4-6-15-8/h8H,2-7H2,1H3. The van der Waals surface area contributed by atoms with Crippen molar-refractivity contribution in [1.82, 2.24) is 14.8 Å². The van der Waals surface area contributed by atoms with Gasteiger partial charge >= 0.3 is 0 Å². The molecule has 1 aromatic heterocycles. The molecule has 0 N–H and O–H groups in total. The Hall–Kier alpha value is -0.610. The van der Waals surface area contributed by atoms with Gasteiger partial charge in [0.15, 0.2) is 5.82 Å². The van der Waals surface area contributed by atoms with Crippen LogP contribution in [0.5, 0.6) is 0 Å². The average Bonchev–Trinajstić information content (AvgIpc) is 2.72. The maximum absolute atomic E-state index is 5.80. The van der Waals surface area contributed by atoms with Crippen LogP contribution in [0, 0.1) is 0 Å². The van der Waals surface area contributed by atoms with E-state index in [1.807, 2.05) is 0 Å². The fourth-order valence-electron chi connectivity index (χ4n) is 1.98. The van der Waals surface area contributed by atoms with Crippen LogP contribution < -0.4 is 0 Å². The molecule has 5 heteroatoms. The van der Waals surface area contributed by atoms with Crippen LogP contribution in [0.1, 0.15) is 43.9 Å². The largest absolute Gasteiger partial charge is 0.370 e. The van der Waals surface area contributed by atoms with Gasteiger partial charge in [-0.2, -0.15) is 0 Å². The Morgan fingerprint density at radius 2 is 2.33 bits per heavy atom. The van der Waals surface area contributed by atoms with Crippen LogP contribution >= 0.6 is 11.6 Å². The molecule has 1 aliphatic heterocycles. The summed E-state index contributed by atoms with van der Waals surface area (Å²) in [5.74, 6) is 2.18. The first-order chi connectivity index (χ1) is 7.36. The van der Waals surface area contributed by atoms with E-state index in [-0.39, 0.29) is 6.10 Å². The molecule has 1 saturated heterocycles. The number of alkyl halides is 1. The molecule has 0 bridgehead atoms. The minimum absolute atomic E-state index is 0.114. The zero-order valence-corrected chi connectivity index (χ0v) is 9.70. The van der Waals surface area contributed by atoms with Gasteiger partial charge in [0.05, 0.1) is 5.88 Å². The Bertz CT molecular complexity index is 320. The molecule has 0 amide bonds. The molecule has 1 fully saturated rings. The summed E-state index contributed by atoms with van der Waals surface area (Å²) in [5, 5.41) is 8.27. The third-order valence-corrected chi connectivity index (χ3v) is 3.00. The number of rotatable bonds is 3. The Kier molecular flexibility index (Phi) is 3.59. The number of aromatic nitrogens is 3. The molecule has 0 aromatic carbocycles. The topological polar surface area (TPSA) is 39.9 Å². The molecule has 2 rings (SSSR count). The highest BCUT2D eigenvalue weighted by molar-refractivity contribution is 6.16. The third kappa shape index (κ3) is 2.16. The number of nitrogens with zero attached hydrogens (tertiary/aromatic N) is 3. The maximum atomic E-state index is 5.80. The van der Waals surface area contributed by atoms with E-state index in [9.17, 15) is 0 Å². The van der Waals surface area contributed by atoms with E-state index in [1.165, 1.54) is 6.42 Å². The summed E-state index contributed by atoms with van der Waals surface area (Å²) in [6.45, 7) is 3.76. The van der Waals surface area contributed by atoms with Crippen molar-refractivity contribution in [2.75, 3.05) is 6.61 Å². The highest BCUT2D eigenvalue weighted by Crippen LogP contribution is 2.27. The van der Waals surface area contributed by atoms with Crippen LogP contribution in [0.3, 0.4) is 0 Å². The van der Waals surface area contributed by atoms with Crippen LogP contribution in [0.15, 0.2) is 0 Å². The summed E-state index contributed by atoms with van der Waals surface area (Å²) >= 11 is 5.80. The number of hydrogen-bond acceptors (Lipinski definition) is 3. The molecule has 84 valence electrons. The van der Waals surface area contributed by atoms with Crippen LogP contribution in [0.25, 0.3) is 0 Å². The van der Waals surface area contributed by atoms with Crippen molar-refractivity contribution in [1.29, 1.82) is 0 Å². The monoisotopic (exact) mass is 229 g/mol. The predicted molar refractivity (Wildman–Crippen MR) is 57.8 cm³/mol. The van der Waals surface area contributed by atoms with E-state index in [2.05, 4.69) is 21.7 Å². The Labute approximate surface area is 94.6 Å².